The molecule has 2 amide bonds. The molecular weight excluding hydrogens is 832 g/mol. The van der Waals surface area contributed by atoms with Crippen LogP contribution in [0.2, 0.25) is 0 Å². The zero-order valence-corrected chi connectivity index (χ0v) is 38.0. The first-order chi connectivity index (χ1) is 30.2. The van der Waals surface area contributed by atoms with Gasteiger partial charge in [0.05, 0.1) is 0 Å². The predicted molar refractivity (Wildman–Crippen MR) is 239 cm³/mol. The molecule has 2 fully saturated rings. The molecule has 0 spiro atoms. The van der Waals surface area contributed by atoms with E-state index in [1.54, 1.807) is 0 Å². The molecule has 2 atom stereocenters. The van der Waals surface area contributed by atoms with Crippen LogP contribution in [0.25, 0.3) is 0 Å². The molecule has 0 saturated heterocycles. The van der Waals surface area contributed by atoms with E-state index in [-0.39, 0.29) is 44.7 Å². The van der Waals surface area contributed by atoms with Crippen LogP contribution >= 0.6 is 0 Å². The number of hydrogen-bond acceptors (Lipinski definition) is 2. The molecule has 2 unspecified atom stereocenters. The van der Waals surface area contributed by atoms with Crippen molar-refractivity contribution in [3.63, 3.8) is 0 Å². The number of amides is 2. The summed E-state index contributed by atoms with van der Waals surface area (Å²) in [7, 11) is 0. The number of carbonyl (C=O) groups is 2. The molecule has 0 aliphatic heterocycles. The Morgan fingerprint density at radius 1 is 0.571 bits per heavy atom. The van der Waals surface area contributed by atoms with Gasteiger partial charge in [-0.2, -0.15) is 24.3 Å². The van der Waals surface area contributed by atoms with E-state index in [0.717, 1.165) is 49.7 Å². The summed E-state index contributed by atoms with van der Waals surface area (Å²) < 4.78 is 54.4. The normalized spacial score (nSPS) is 16.2. The summed E-state index contributed by atoms with van der Waals surface area (Å²) >= 11 is 0. The van der Waals surface area contributed by atoms with Gasteiger partial charge in [0.25, 0.3) is 11.8 Å². The number of hydrogen-bond donors (Lipinski definition) is 2. The Morgan fingerprint density at radius 3 is 1.25 bits per heavy atom. The molecule has 4 nitrogen and oxygen atoms in total. The predicted octanol–water partition coefficient (Wildman–Crippen LogP) is 14.0. The van der Waals surface area contributed by atoms with Crippen molar-refractivity contribution in [1.82, 2.24) is 10.6 Å². The van der Waals surface area contributed by atoms with Crippen molar-refractivity contribution < 1.29 is 48.9 Å². The molecule has 8 rings (SSSR count). The van der Waals surface area contributed by atoms with Crippen molar-refractivity contribution in [3.8, 4) is 0 Å². The van der Waals surface area contributed by atoms with E-state index in [2.05, 4.69) is 34.9 Å². The fourth-order valence-electron chi connectivity index (χ4n) is 8.35. The molecule has 63 heavy (non-hydrogen) atoms. The average Bonchev–Trinajstić information content (AvgIpc) is 4.10. The summed E-state index contributed by atoms with van der Waals surface area (Å²) in [6.07, 6.45) is 32.7. The van der Waals surface area contributed by atoms with Crippen LogP contribution in [0.4, 0.5) is 17.6 Å². The fraction of sp³-hybridized carbons (Fsp3) is 0.370. The maximum absolute atomic E-state index is 14.1. The van der Waals surface area contributed by atoms with E-state index in [4.69, 9.17) is 0 Å². The fourth-order valence-corrected chi connectivity index (χ4v) is 8.35. The van der Waals surface area contributed by atoms with E-state index in [9.17, 15) is 27.2 Å². The van der Waals surface area contributed by atoms with Gasteiger partial charge in [0, 0.05) is 46.5 Å². The van der Waals surface area contributed by atoms with Crippen LogP contribution < -0.4 is 10.6 Å². The molecule has 0 radical (unpaired) electrons. The van der Waals surface area contributed by atoms with Crippen molar-refractivity contribution in [2.45, 2.75) is 128 Å². The van der Waals surface area contributed by atoms with Crippen LogP contribution in [0.15, 0.2) is 109 Å². The first-order valence-electron chi connectivity index (χ1n) is 22.2. The second kappa shape index (κ2) is 27.4. The Kier molecular flexibility index (Phi) is 22.1. The number of carbonyl (C=O) groups excluding carboxylic acids is 2. The third kappa shape index (κ3) is 15.8. The van der Waals surface area contributed by atoms with Gasteiger partial charge in [0.15, 0.2) is 0 Å². The van der Waals surface area contributed by atoms with Gasteiger partial charge >= 0.3 is 21.7 Å². The largest absolute Gasteiger partial charge is 4.00 e. The van der Waals surface area contributed by atoms with Crippen LogP contribution in [0, 0.1) is 47.6 Å². The Morgan fingerprint density at radius 2 is 0.952 bits per heavy atom. The molecule has 0 aromatic heterocycles. The molecule has 4 aromatic rings. The molecule has 4 aliphatic rings. The number of halogens is 4. The minimum atomic E-state index is -0.752. The van der Waals surface area contributed by atoms with Crippen LogP contribution in [-0.4, -0.2) is 11.8 Å². The van der Waals surface area contributed by atoms with E-state index < -0.39 is 35.4 Å². The quantitative estimate of drug-likeness (QED) is 0.0947. The number of benzene rings is 4. The standard InChI is InChI=1S/2C22H24F2NO.2C5H5.Ti/c2*1-2-21(19-13-12-16(23)14-20(19)24)25-22(26)18-11-7-6-10-17(18)15-8-4-3-5-9-15;2*1-2-4-5-3-1;/h2*6-7,10-13,15,21H,2-5,8-9H2,1H3,(H,25,26);2*1-3H,4H2;/q4*-1;+4. The van der Waals surface area contributed by atoms with Crippen molar-refractivity contribution in [1.29, 1.82) is 0 Å². The summed E-state index contributed by atoms with van der Waals surface area (Å²) in [5.41, 5.74) is 3.99. The monoisotopic (exact) mass is 890 g/mol. The van der Waals surface area contributed by atoms with Crippen LogP contribution in [0.3, 0.4) is 0 Å². The molecule has 0 heterocycles. The zero-order chi connectivity index (χ0) is 44.1. The van der Waals surface area contributed by atoms with Gasteiger partial charge in [-0.05, 0) is 73.6 Å². The third-order valence-corrected chi connectivity index (χ3v) is 11.6. The van der Waals surface area contributed by atoms with E-state index >= 15 is 0 Å². The molecular formula is C54H58F4N2O2Ti. The smallest absolute Gasteiger partial charge is 0.356 e. The van der Waals surface area contributed by atoms with Crippen molar-refractivity contribution in [2.24, 2.45) is 0 Å². The summed E-state index contributed by atoms with van der Waals surface area (Å²) in [6, 6.07) is 23.5. The number of allylic oxidation sites excluding steroid dienone is 8. The van der Waals surface area contributed by atoms with Crippen LogP contribution in [-0.2, 0) is 21.7 Å². The number of nitrogens with one attached hydrogen (secondary N) is 2. The van der Waals surface area contributed by atoms with Gasteiger partial charge in [-0.3, -0.25) is 21.7 Å². The van der Waals surface area contributed by atoms with Gasteiger partial charge < -0.3 is 10.6 Å². The third-order valence-electron chi connectivity index (χ3n) is 11.6. The molecule has 2 N–H and O–H groups in total. The summed E-state index contributed by atoms with van der Waals surface area (Å²) in [5, 5.41) is 5.84. The SMILES string of the molecule is CCC(NC(=O)c1ccccc1C1CCCCC1)c1ccc(F)[c-]c1F.CCC(NC(=O)c1ccccc1C1CCCCC1)c1ccc(F)[c-]c1F.[C-]1=CC=CC1.[C-]1=CC=CC1.[Ti+4]. The van der Waals surface area contributed by atoms with E-state index in [0.29, 0.717) is 35.8 Å². The molecule has 2 saturated carbocycles. The minimum absolute atomic E-state index is 0. The van der Waals surface area contributed by atoms with Gasteiger partial charge in [0.1, 0.15) is 0 Å². The molecule has 0 bridgehead atoms. The van der Waals surface area contributed by atoms with Crippen LogP contribution in [0.5, 0.6) is 0 Å². The van der Waals surface area contributed by atoms with Gasteiger partial charge in [0.2, 0.25) is 0 Å². The van der Waals surface area contributed by atoms with Gasteiger partial charge in [-0.1, -0.05) is 99.9 Å². The topological polar surface area (TPSA) is 58.2 Å². The van der Waals surface area contributed by atoms with Gasteiger partial charge in [-0.25, -0.2) is 41.9 Å². The zero-order valence-electron chi connectivity index (χ0n) is 36.4. The van der Waals surface area contributed by atoms with Crippen molar-refractivity contribution >= 4 is 11.8 Å². The molecule has 4 aliphatic carbocycles. The van der Waals surface area contributed by atoms with Gasteiger partial charge in [-0.15, -0.1) is 37.1 Å². The van der Waals surface area contributed by atoms with Crippen molar-refractivity contribution in [3.05, 3.63) is 190 Å². The first kappa shape index (κ1) is 50.9. The Labute approximate surface area is 387 Å². The summed E-state index contributed by atoms with van der Waals surface area (Å²) in [4.78, 5) is 25.8. The number of rotatable bonds is 10. The van der Waals surface area contributed by atoms with Crippen LogP contribution in [0.1, 0.15) is 171 Å². The van der Waals surface area contributed by atoms with Crippen molar-refractivity contribution in [2.75, 3.05) is 0 Å². The maximum atomic E-state index is 14.1. The second-order valence-corrected chi connectivity index (χ2v) is 15.9. The average molecular weight is 891 g/mol. The van der Waals surface area contributed by atoms with E-state index in [1.807, 2.05) is 98.8 Å². The Hall–Kier alpha value is -4.79. The first-order valence-corrected chi connectivity index (χ1v) is 22.2. The Balaban J connectivity index is 0.000000223. The van der Waals surface area contributed by atoms with E-state index in [1.165, 1.54) is 62.8 Å². The molecule has 4 aromatic carbocycles. The molecule has 328 valence electrons. The summed E-state index contributed by atoms with van der Waals surface area (Å²) in [6.45, 7) is 3.72. The molecule has 9 heteroatoms. The minimum Gasteiger partial charge on any atom is -0.356 e. The maximum Gasteiger partial charge on any atom is 4.00 e. The second-order valence-electron chi connectivity index (χ2n) is 15.9. The summed E-state index contributed by atoms with van der Waals surface area (Å²) in [5.74, 6) is -2.59. The Bertz CT molecular complexity index is 2000.